The van der Waals surface area contributed by atoms with Crippen molar-refractivity contribution < 1.29 is 23.5 Å². The fourth-order valence-corrected chi connectivity index (χ4v) is 7.19. The van der Waals surface area contributed by atoms with Crippen LogP contribution in [-0.2, 0) is 17.8 Å². The average Bonchev–Trinajstić information content (AvgIpc) is 3.61. The van der Waals surface area contributed by atoms with Gasteiger partial charge in [-0.15, -0.1) is 16.6 Å². The molecule has 0 radical (unpaired) electrons. The smallest absolute Gasteiger partial charge is 0.372 e. The molecule has 2 aromatic carbocycles. The first-order chi connectivity index (χ1) is 24.6. The third kappa shape index (κ3) is 10.2. The second-order valence-electron chi connectivity index (χ2n) is 12.9. The van der Waals surface area contributed by atoms with Crippen LogP contribution in [0.5, 0.6) is 11.5 Å². The number of carbonyl (C=O) groups excluding carboxylic acids is 2. The highest BCUT2D eigenvalue weighted by atomic mass is 35.5. The average molecular weight is 751 g/mol. The summed E-state index contributed by atoms with van der Waals surface area (Å²) in [5.74, 6) is 4.02. The molecule has 0 bridgehead atoms. The van der Waals surface area contributed by atoms with E-state index in [-0.39, 0.29) is 40.6 Å². The van der Waals surface area contributed by atoms with Gasteiger partial charge in [0, 0.05) is 47.9 Å². The van der Waals surface area contributed by atoms with Gasteiger partial charge < -0.3 is 14.0 Å². The zero-order chi connectivity index (χ0) is 36.4. The number of terminal acetylenes is 1. The Morgan fingerprint density at radius 3 is 2.69 bits per heavy atom. The monoisotopic (exact) mass is 750 g/mol. The van der Waals surface area contributed by atoms with E-state index >= 15 is 0 Å². The third-order valence-corrected chi connectivity index (χ3v) is 9.90. The molecule has 0 N–H and O–H groups in total. The molecule has 0 saturated heterocycles. The summed E-state index contributed by atoms with van der Waals surface area (Å²) in [5, 5.41) is 7.78. The molecule has 2 aromatic heterocycles. The van der Waals surface area contributed by atoms with E-state index in [1.807, 2.05) is 34.9 Å². The van der Waals surface area contributed by atoms with Crippen LogP contribution in [0.2, 0.25) is 5.15 Å². The van der Waals surface area contributed by atoms with Gasteiger partial charge in [-0.05, 0) is 29.7 Å². The molecule has 4 aromatic rings. The number of nitrogens with zero attached hydrogens (tertiary/aromatic N) is 6. The summed E-state index contributed by atoms with van der Waals surface area (Å²) in [6, 6.07) is 13.8. The Morgan fingerprint density at radius 1 is 1.16 bits per heavy atom. The number of amides is 1. The van der Waals surface area contributed by atoms with Crippen LogP contribution in [0.3, 0.4) is 0 Å². The minimum absolute atomic E-state index is 0.0964. The molecule has 2 aliphatic heterocycles. The zero-order valence-corrected chi connectivity index (χ0v) is 31.3. The maximum Gasteiger partial charge on any atom is 0.372 e. The van der Waals surface area contributed by atoms with Crippen molar-refractivity contribution >= 4 is 57.5 Å². The van der Waals surface area contributed by atoms with Crippen molar-refractivity contribution in [2.24, 2.45) is 10.4 Å². The number of thioether (sulfide) groups is 1. The standard InChI is InChI=1S/C19H23ClN2O2S.C18H17FN4O2S/c1-2-3-4-5-6-10-13-25-19(23)24-16-14-17(20)21-22-18(16)15-11-8-7-9-12-15;1-4-5-22-13-7-12(11(19)6-14(13)25-9-16(22)24)20-17-23-10-18(2,3)8-15(23)21-26-17/h7-9,11-12,14H,2-6,10,13H2,1H3;1,6-7H,5,8-10H2,2-3H3/b;20-17-. The van der Waals surface area contributed by atoms with Crippen LogP contribution in [0.1, 0.15) is 65.1 Å². The van der Waals surface area contributed by atoms with Crippen LogP contribution >= 0.6 is 34.9 Å². The summed E-state index contributed by atoms with van der Waals surface area (Å²) in [4.78, 5) is 30.7. The molecule has 0 fully saturated rings. The van der Waals surface area contributed by atoms with Crippen molar-refractivity contribution in [3.05, 3.63) is 70.1 Å². The molecule has 4 heterocycles. The van der Waals surface area contributed by atoms with E-state index in [9.17, 15) is 14.0 Å². The van der Waals surface area contributed by atoms with Gasteiger partial charge in [0.25, 0.3) is 5.91 Å². The first-order valence-electron chi connectivity index (χ1n) is 16.8. The fraction of sp³-hybridized carbons (Fsp3) is 0.405. The van der Waals surface area contributed by atoms with E-state index < -0.39 is 5.82 Å². The first kappa shape index (κ1) is 38.0. The number of anilines is 1. The minimum atomic E-state index is -0.515. The summed E-state index contributed by atoms with van der Waals surface area (Å²) >= 11 is 8.34. The first-order valence-corrected chi connectivity index (χ1v) is 19.0. The molecule has 0 atom stereocenters. The van der Waals surface area contributed by atoms with Gasteiger partial charge in [0.2, 0.25) is 4.80 Å². The van der Waals surface area contributed by atoms with Gasteiger partial charge >= 0.3 is 5.30 Å². The topological polar surface area (TPSA) is 112 Å². The number of benzene rings is 2. The lowest BCUT2D eigenvalue weighted by Crippen LogP contribution is -2.39. The summed E-state index contributed by atoms with van der Waals surface area (Å²) < 4.78 is 31.8. The normalized spacial score (nSPS) is 14.5. The van der Waals surface area contributed by atoms with Crippen molar-refractivity contribution in [1.29, 1.82) is 0 Å². The SMILES string of the molecule is C#CCN1C(=O)COc2cc(F)c(/N=c3\snc4n3CC(C)(C)C4)cc21.CCCCCCCCSC(=O)Oc1cc(Cl)nnc1-c1ccccc1. The van der Waals surface area contributed by atoms with Crippen molar-refractivity contribution in [3.8, 4) is 35.1 Å². The third-order valence-electron chi connectivity index (χ3n) is 8.12. The molecule has 0 spiro atoms. The number of aromatic nitrogens is 4. The lowest BCUT2D eigenvalue weighted by Gasteiger charge is -2.28. The second-order valence-corrected chi connectivity index (χ2v) is 15.0. The number of hydrogen-bond acceptors (Lipinski definition) is 10. The minimum Gasteiger partial charge on any atom is -0.481 e. The van der Waals surface area contributed by atoms with Crippen LogP contribution in [0.25, 0.3) is 11.3 Å². The Labute approximate surface area is 310 Å². The Bertz CT molecular complexity index is 1960. The lowest BCUT2D eigenvalue weighted by atomic mass is 9.92. The predicted octanol–water partition coefficient (Wildman–Crippen LogP) is 8.65. The summed E-state index contributed by atoms with van der Waals surface area (Å²) in [5.41, 5.74) is 2.02. The Morgan fingerprint density at radius 2 is 1.92 bits per heavy atom. The molecule has 0 unspecified atom stereocenters. The highest BCUT2D eigenvalue weighted by Crippen LogP contribution is 2.38. The number of rotatable bonds is 11. The molecule has 1 amide bonds. The summed E-state index contributed by atoms with van der Waals surface area (Å²) in [7, 11) is 0. The molecular formula is C37H40ClFN6O4S2. The maximum atomic E-state index is 14.5. The fourth-order valence-electron chi connectivity index (χ4n) is 5.63. The van der Waals surface area contributed by atoms with E-state index in [0.29, 0.717) is 27.7 Å². The molecule has 51 heavy (non-hydrogen) atoms. The van der Waals surface area contributed by atoms with Crippen LogP contribution in [0, 0.1) is 23.6 Å². The summed E-state index contributed by atoms with van der Waals surface area (Å²) in [6.07, 6.45) is 13.4. The van der Waals surface area contributed by atoms with Crippen molar-refractivity contribution in [3.63, 3.8) is 0 Å². The largest absolute Gasteiger partial charge is 0.481 e. The molecule has 0 saturated carbocycles. The molecule has 10 nitrogen and oxygen atoms in total. The van der Waals surface area contributed by atoms with Crippen molar-refractivity contribution in [2.45, 2.75) is 72.3 Å². The highest BCUT2D eigenvalue weighted by molar-refractivity contribution is 8.13. The molecule has 0 aliphatic carbocycles. The quantitative estimate of drug-likeness (QED) is 0.0851. The number of ether oxygens (including phenoxy) is 2. The second kappa shape index (κ2) is 17.8. The van der Waals surface area contributed by atoms with Crippen LogP contribution in [0.4, 0.5) is 20.6 Å². The van der Waals surface area contributed by atoms with E-state index in [0.717, 1.165) is 42.9 Å². The predicted molar refractivity (Wildman–Crippen MR) is 200 cm³/mol. The molecule has 268 valence electrons. The Balaban J connectivity index is 0.000000198. The van der Waals surface area contributed by atoms with Crippen LogP contribution in [-0.4, -0.2) is 49.3 Å². The number of halogens is 2. The number of fused-ring (bicyclic) bond motifs is 2. The maximum absolute atomic E-state index is 14.5. The number of unbranched alkanes of at least 4 members (excludes halogenated alkanes) is 5. The highest BCUT2D eigenvalue weighted by Gasteiger charge is 2.31. The van der Waals surface area contributed by atoms with Gasteiger partial charge in [-0.2, -0.15) is 4.37 Å². The van der Waals surface area contributed by atoms with Gasteiger partial charge in [-0.1, -0.05) is 101 Å². The molecule has 2 aliphatic rings. The van der Waals surface area contributed by atoms with E-state index in [1.54, 1.807) is 0 Å². The van der Waals surface area contributed by atoms with Crippen LogP contribution in [0.15, 0.2) is 53.5 Å². The summed E-state index contributed by atoms with van der Waals surface area (Å²) in [6.45, 7) is 7.26. The van der Waals surface area contributed by atoms with E-state index in [2.05, 4.69) is 46.3 Å². The van der Waals surface area contributed by atoms with Crippen molar-refractivity contribution in [1.82, 2.24) is 19.1 Å². The molecule has 6 rings (SSSR count). The van der Waals surface area contributed by atoms with E-state index in [1.165, 1.54) is 72.1 Å². The van der Waals surface area contributed by atoms with E-state index in [4.69, 9.17) is 27.5 Å². The molecular weight excluding hydrogens is 711 g/mol. The molecule has 14 heteroatoms. The Kier molecular flexibility index (Phi) is 13.3. The van der Waals surface area contributed by atoms with Crippen molar-refractivity contribution in [2.75, 3.05) is 23.8 Å². The number of carbonyl (C=O) groups is 2. The zero-order valence-electron chi connectivity index (χ0n) is 28.9. The van der Waals surface area contributed by atoms with Gasteiger partial charge in [-0.3, -0.25) is 9.69 Å². The number of hydrogen-bond donors (Lipinski definition) is 0. The van der Waals surface area contributed by atoms with Crippen LogP contribution < -0.4 is 19.2 Å². The van der Waals surface area contributed by atoms with Gasteiger partial charge in [0.05, 0.1) is 12.2 Å². The van der Waals surface area contributed by atoms with Gasteiger partial charge in [0.15, 0.2) is 23.3 Å². The Hall–Kier alpha value is -4.25. The van der Waals surface area contributed by atoms with Gasteiger partial charge in [-0.25, -0.2) is 14.2 Å². The van der Waals surface area contributed by atoms with Gasteiger partial charge in [0.1, 0.15) is 23.0 Å². The lowest BCUT2D eigenvalue weighted by molar-refractivity contribution is -0.121.